The van der Waals surface area contributed by atoms with Gasteiger partial charge in [-0.1, -0.05) is 121 Å². The Labute approximate surface area is 370 Å². The Bertz CT molecular complexity index is 3960. The van der Waals surface area contributed by atoms with Gasteiger partial charge in [-0.25, -0.2) is 9.97 Å². The van der Waals surface area contributed by atoms with E-state index in [-0.39, 0.29) is 0 Å². The molecular weight excluding hydrogens is 799 g/mol. The van der Waals surface area contributed by atoms with E-state index in [2.05, 4.69) is 189 Å². The number of fused-ring (bicyclic) bond motifs is 10. The summed E-state index contributed by atoms with van der Waals surface area (Å²) in [5.74, 6) is 0. The molecule has 0 atom stereocenters. The first-order valence-corrected chi connectivity index (χ1v) is 21.8. The molecule has 0 spiro atoms. The number of para-hydroxylation sites is 4. The topological polar surface area (TPSA) is 86.9 Å². The highest BCUT2D eigenvalue weighted by molar-refractivity contribution is 6.23. The zero-order valence-corrected chi connectivity index (χ0v) is 34.7. The van der Waals surface area contributed by atoms with E-state index in [1.54, 1.807) is 12.7 Å². The van der Waals surface area contributed by atoms with Crippen LogP contribution in [0, 0.1) is 0 Å². The molecule has 4 heterocycles. The van der Waals surface area contributed by atoms with Crippen molar-refractivity contribution in [2.75, 3.05) is 4.90 Å². The van der Waals surface area contributed by atoms with Crippen molar-refractivity contribution >= 4 is 105 Å². The van der Waals surface area contributed by atoms with E-state index in [4.69, 9.17) is 8.83 Å². The second kappa shape index (κ2) is 13.8. The Morgan fingerprint density at radius 3 is 1.49 bits per heavy atom. The van der Waals surface area contributed by atoms with Gasteiger partial charge < -0.3 is 23.7 Å². The Hall–Kier alpha value is -8.94. The highest BCUT2D eigenvalue weighted by Gasteiger charge is 2.25. The fourth-order valence-corrected chi connectivity index (χ4v) is 10.2. The summed E-state index contributed by atoms with van der Waals surface area (Å²) < 4.78 is 13.4. The molecule has 0 aliphatic rings. The highest BCUT2D eigenvalue weighted by Crippen LogP contribution is 2.50. The predicted molar refractivity (Wildman–Crippen MR) is 266 cm³/mol. The van der Waals surface area contributed by atoms with Crippen molar-refractivity contribution in [3.63, 3.8) is 0 Å². The Morgan fingerprint density at radius 1 is 0.369 bits per heavy atom. The van der Waals surface area contributed by atoms with Gasteiger partial charge in [0.2, 0.25) is 0 Å². The van der Waals surface area contributed by atoms with Crippen LogP contribution in [0.15, 0.2) is 210 Å². The molecule has 65 heavy (non-hydrogen) atoms. The quantitative estimate of drug-likeness (QED) is 0.163. The number of aromatic nitrogens is 4. The van der Waals surface area contributed by atoms with Crippen LogP contribution in [0.2, 0.25) is 0 Å². The van der Waals surface area contributed by atoms with Crippen molar-refractivity contribution in [1.29, 1.82) is 0 Å². The minimum absolute atomic E-state index is 0.863. The summed E-state index contributed by atoms with van der Waals surface area (Å²) in [5, 5.41) is 8.85. The van der Waals surface area contributed by atoms with Crippen LogP contribution in [-0.2, 0) is 0 Å². The van der Waals surface area contributed by atoms with Crippen LogP contribution in [0.5, 0.6) is 0 Å². The molecule has 7 nitrogen and oxygen atoms in total. The maximum atomic E-state index is 6.71. The van der Waals surface area contributed by atoms with Gasteiger partial charge in [-0.15, -0.1) is 0 Å². The molecule has 0 unspecified atom stereocenters. The molecule has 0 aliphatic carbocycles. The maximum Gasteiger partial charge on any atom is 0.143 e. The lowest BCUT2D eigenvalue weighted by Gasteiger charge is -2.29. The van der Waals surface area contributed by atoms with Crippen LogP contribution in [0.4, 0.5) is 17.1 Å². The Kier molecular flexibility index (Phi) is 7.55. The van der Waals surface area contributed by atoms with Crippen LogP contribution >= 0.6 is 0 Å². The SMILES string of the molecule is c1ccc2c(c1)oc1c(-c3cc(-c4c5ccccc5c(N(c5ccc6[nH]cnc6c5)c5ccc6nc[nH]c6c5)c5ccccc45)cc(-c4cccc5c4oc4ccccc45)c3)cccc12. The number of nitrogens with one attached hydrogen (secondary N) is 2. The van der Waals surface area contributed by atoms with E-state index < -0.39 is 0 Å². The third kappa shape index (κ3) is 5.42. The average Bonchev–Trinajstić information content (AvgIpc) is 4.18. The zero-order valence-electron chi connectivity index (χ0n) is 34.7. The van der Waals surface area contributed by atoms with Gasteiger partial charge in [-0.05, 0) is 99.8 Å². The van der Waals surface area contributed by atoms with Crippen LogP contribution in [-0.4, -0.2) is 19.9 Å². The molecule has 0 bridgehead atoms. The lowest BCUT2D eigenvalue weighted by molar-refractivity contribution is 0.670. The normalized spacial score (nSPS) is 12.0. The van der Waals surface area contributed by atoms with Crippen LogP contribution in [0.1, 0.15) is 0 Å². The number of aromatic amines is 2. The number of rotatable bonds is 6. The summed E-state index contributed by atoms with van der Waals surface area (Å²) in [6.07, 6.45) is 3.50. The average molecular weight is 834 g/mol. The van der Waals surface area contributed by atoms with E-state index in [9.17, 15) is 0 Å². The first kappa shape index (κ1) is 35.6. The fraction of sp³-hybridized carbons (Fsp3) is 0. The summed E-state index contributed by atoms with van der Waals surface area (Å²) in [7, 11) is 0. The lowest BCUT2D eigenvalue weighted by atomic mass is 9.86. The highest BCUT2D eigenvalue weighted by atomic mass is 16.3. The van der Waals surface area contributed by atoms with E-state index in [0.29, 0.717) is 0 Å². The third-order valence-corrected chi connectivity index (χ3v) is 13.1. The Morgan fingerprint density at radius 2 is 0.862 bits per heavy atom. The van der Waals surface area contributed by atoms with Crippen LogP contribution < -0.4 is 4.90 Å². The van der Waals surface area contributed by atoms with Gasteiger partial charge in [0.15, 0.2) is 0 Å². The molecular formula is C58H35N5O2. The van der Waals surface area contributed by atoms with E-state index >= 15 is 0 Å². The van der Waals surface area contributed by atoms with Crippen molar-refractivity contribution in [3.8, 4) is 33.4 Å². The molecule has 2 N–H and O–H groups in total. The molecule has 14 rings (SSSR count). The van der Waals surface area contributed by atoms with Gasteiger partial charge in [0.05, 0.1) is 40.4 Å². The molecule has 0 aliphatic heterocycles. The standard InChI is InChI=1S/C58H35N5O2/c1-3-15-45-43(13-1)55(44-14-2-4-16-46(44)56(45)63(37-23-25-49-51(30-37)61-32-59-49)38-24-26-50-52(31-38)62-33-60-50)36-28-34(39-17-9-19-47-41-11-5-7-21-53(41)64-57(39)47)27-35(29-36)40-18-10-20-48-42-12-6-8-22-54(42)65-58(40)48/h1-33H,(H,59,61)(H,60,62). The molecule has 0 saturated carbocycles. The second-order valence-electron chi connectivity index (χ2n) is 16.7. The number of benzene rings is 10. The van der Waals surface area contributed by atoms with E-state index in [1.165, 1.54) is 0 Å². The molecule has 10 aromatic carbocycles. The van der Waals surface area contributed by atoms with Gasteiger partial charge in [0.1, 0.15) is 22.3 Å². The number of H-pyrrole nitrogens is 2. The Balaban J connectivity index is 1.08. The van der Waals surface area contributed by atoms with E-state index in [1.807, 2.05) is 24.3 Å². The third-order valence-electron chi connectivity index (χ3n) is 13.1. The predicted octanol–water partition coefficient (Wildman–Crippen LogP) is 16.0. The molecule has 7 heteroatoms. The maximum absolute atomic E-state index is 6.71. The molecule has 4 aromatic heterocycles. The number of nitrogens with zero attached hydrogens (tertiary/aromatic N) is 3. The smallest absolute Gasteiger partial charge is 0.143 e. The molecule has 304 valence electrons. The molecule has 0 fully saturated rings. The van der Waals surface area contributed by atoms with Crippen molar-refractivity contribution in [3.05, 3.63) is 201 Å². The molecule has 0 saturated heterocycles. The monoisotopic (exact) mass is 833 g/mol. The number of hydrogen-bond acceptors (Lipinski definition) is 5. The second-order valence-corrected chi connectivity index (χ2v) is 16.7. The van der Waals surface area contributed by atoms with Gasteiger partial charge in [0, 0.05) is 54.8 Å². The molecule has 0 amide bonds. The number of imidazole rings is 2. The van der Waals surface area contributed by atoms with Gasteiger partial charge in [-0.2, -0.15) is 0 Å². The zero-order chi connectivity index (χ0) is 42.6. The minimum Gasteiger partial charge on any atom is -0.455 e. The first-order chi connectivity index (χ1) is 32.2. The summed E-state index contributed by atoms with van der Waals surface area (Å²) >= 11 is 0. The summed E-state index contributed by atoms with van der Waals surface area (Å²) in [6.45, 7) is 0. The summed E-state index contributed by atoms with van der Waals surface area (Å²) in [4.78, 5) is 18.2. The van der Waals surface area contributed by atoms with Crippen molar-refractivity contribution in [2.45, 2.75) is 0 Å². The van der Waals surface area contributed by atoms with Crippen molar-refractivity contribution < 1.29 is 8.83 Å². The van der Waals surface area contributed by atoms with Gasteiger partial charge in [-0.3, -0.25) is 0 Å². The van der Waals surface area contributed by atoms with Crippen molar-refractivity contribution in [2.24, 2.45) is 0 Å². The van der Waals surface area contributed by atoms with Gasteiger partial charge >= 0.3 is 0 Å². The first-order valence-electron chi connectivity index (χ1n) is 21.8. The molecule has 14 aromatic rings. The van der Waals surface area contributed by atoms with E-state index in [0.717, 1.165) is 138 Å². The minimum atomic E-state index is 0.863. The fourth-order valence-electron chi connectivity index (χ4n) is 10.2. The summed E-state index contributed by atoms with van der Waals surface area (Å²) in [6, 6.07) is 67.0. The number of furan rings is 2. The van der Waals surface area contributed by atoms with Gasteiger partial charge in [0.25, 0.3) is 0 Å². The largest absolute Gasteiger partial charge is 0.455 e. The molecule has 0 radical (unpaired) electrons. The summed E-state index contributed by atoms with van der Waals surface area (Å²) in [5.41, 5.74) is 16.7. The van der Waals surface area contributed by atoms with Crippen LogP contribution in [0.3, 0.4) is 0 Å². The number of anilines is 3. The lowest BCUT2D eigenvalue weighted by Crippen LogP contribution is -2.11. The van der Waals surface area contributed by atoms with Crippen LogP contribution in [0.25, 0.3) is 121 Å². The van der Waals surface area contributed by atoms with Crippen molar-refractivity contribution in [1.82, 2.24) is 19.9 Å². The number of hydrogen-bond donors (Lipinski definition) is 2.